The summed E-state index contributed by atoms with van der Waals surface area (Å²) in [5.74, 6) is -4.20. The molecule has 0 bridgehead atoms. The molecule has 0 aliphatic heterocycles. The molecule has 0 saturated carbocycles. The van der Waals surface area contributed by atoms with Crippen LogP contribution in [-0.2, 0) is 18.4 Å². The summed E-state index contributed by atoms with van der Waals surface area (Å²) in [6.07, 6.45) is 1.51. The second-order valence-electron chi connectivity index (χ2n) is 10.5. The highest BCUT2D eigenvalue weighted by molar-refractivity contribution is 6.18. The first-order chi connectivity index (χ1) is 20.7. The van der Waals surface area contributed by atoms with E-state index in [0.29, 0.717) is 42.8 Å². The Kier molecular flexibility index (Phi) is 7.50. The number of hydrogen-bond acceptors (Lipinski definition) is 4. The predicted octanol–water partition coefficient (Wildman–Crippen LogP) is 7.62. The van der Waals surface area contributed by atoms with Gasteiger partial charge in [-0.05, 0) is 43.2 Å². The molecule has 2 aromatic heterocycles. The van der Waals surface area contributed by atoms with Crippen molar-refractivity contribution in [2.45, 2.75) is 20.5 Å². The second kappa shape index (κ2) is 11.4. The second-order valence-corrected chi connectivity index (χ2v) is 10.5. The molecule has 0 fully saturated rings. The van der Waals surface area contributed by atoms with E-state index in [4.69, 9.17) is 9.72 Å². The van der Waals surface area contributed by atoms with Crippen molar-refractivity contribution in [1.29, 1.82) is 0 Å². The Morgan fingerprint density at radius 3 is 2.49 bits per heavy atom. The van der Waals surface area contributed by atoms with Crippen molar-refractivity contribution in [3.05, 3.63) is 118 Å². The molecule has 6 nitrogen and oxygen atoms in total. The molecule has 6 rings (SSSR count). The molecule has 2 N–H and O–H groups in total. The van der Waals surface area contributed by atoms with Gasteiger partial charge in [0.2, 0.25) is 0 Å². The van der Waals surface area contributed by atoms with Crippen molar-refractivity contribution in [1.82, 2.24) is 14.5 Å². The first-order valence-electron chi connectivity index (χ1n) is 13.9. The number of aromatic amines is 1. The van der Waals surface area contributed by atoms with Crippen molar-refractivity contribution >= 4 is 33.4 Å². The van der Waals surface area contributed by atoms with Crippen LogP contribution in [0.5, 0.6) is 0 Å². The minimum absolute atomic E-state index is 0.221. The minimum atomic E-state index is -1.61. The molecule has 9 heteroatoms. The maximum absolute atomic E-state index is 13.9. The van der Waals surface area contributed by atoms with E-state index in [2.05, 4.69) is 16.4 Å². The molecule has 0 unspecified atom stereocenters. The van der Waals surface area contributed by atoms with Gasteiger partial charge in [0.25, 0.3) is 0 Å². The van der Waals surface area contributed by atoms with Crippen molar-refractivity contribution in [2.24, 2.45) is 7.05 Å². The van der Waals surface area contributed by atoms with Gasteiger partial charge >= 0.3 is 0 Å². The molecule has 0 radical (unpaired) electrons. The Labute approximate surface area is 246 Å². The fraction of sp³-hybridized carbons (Fsp3) is 0.176. The zero-order chi connectivity index (χ0) is 30.2. The number of ether oxygens (including phenoxy) is 1. The number of anilines is 1. The van der Waals surface area contributed by atoms with E-state index >= 15 is 0 Å². The zero-order valence-corrected chi connectivity index (χ0v) is 23.9. The van der Waals surface area contributed by atoms with E-state index in [1.165, 1.54) is 6.20 Å². The highest BCUT2D eigenvalue weighted by Crippen LogP contribution is 2.41. The zero-order valence-electron chi connectivity index (χ0n) is 23.9. The Hall–Kier alpha value is -4.89. The number of imidazole rings is 1. The minimum Gasteiger partial charge on any atom is -0.380 e. The normalized spacial score (nSPS) is 11.5. The van der Waals surface area contributed by atoms with Crippen LogP contribution in [0.3, 0.4) is 0 Å². The largest absolute Gasteiger partial charge is 0.380 e. The van der Waals surface area contributed by atoms with Crippen LogP contribution < -0.4 is 5.32 Å². The van der Waals surface area contributed by atoms with Crippen molar-refractivity contribution in [3.8, 4) is 11.1 Å². The van der Waals surface area contributed by atoms with E-state index < -0.39 is 23.2 Å². The molecular formula is C34H29F3N4O2. The number of carbonyl (C=O) groups excluding carboxylic acids is 1. The van der Waals surface area contributed by atoms with Gasteiger partial charge in [-0.2, -0.15) is 0 Å². The Morgan fingerprint density at radius 2 is 1.74 bits per heavy atom. The summed E-state index contributed by atoms with van der Waals surface area (Å²) in [5.41, 5.74) is 7.04. The number of carbonyl (C=O) groups is 1. The first kappa shape index (κ1) is 28.2. The molecule has 4 aromatic carbocycles. The number of benzene rings is 4. The average molecular weight is 583 g/mol. The van der Waals surface area contributed by atoms with Crippen LogP contribution in [-0.4, -0.2) is 33.5 Å². The van der Waals surface area contributed by atoms with Gasteiger partial charge in [-0.25, -0.2) is 18.2 Å². The summed E-state index contributed by atoms with van der Waals surface area (Å²) < 4.78 is 49.4. The fourth-order valence-electron chi connectivity index (χ4n) is 5.49. The van der Waals surface area contributed by atoms with Gasteiger partial charge in [0, 0.05) is 47.4 Å². The van der Waals surface area contributed by atoms with Gasteiger partial charge in [-0.15, -0.1) is 0 Å². The number of ketones is 1. The van der Waals surface area contributed by atoms with Crippen LogP contribution in [0.2, 0.25) is 0 Å². The van der Waals surface area contributed by atoms with Crippen LogP contribution in [0.25, 0.3) is 33.1 Å². The Balaban J connectivity index is 1.39. The number of H-pyrrole nitrogens is 1. The molecule has 0 amide bonds. The first-order valence-corrected chi connectivity index (χ1v) is 13.9. The predicted molar refractivity (Wildman–Crippen MR) is 162 cm³/mol. The molecule has 0 saturated heterocycles. The smallest absolute Gasteiger partial charge is 0.195 e. The van der Waals surface area contributed by atoms with Crippen LogP contribution in [0, 0.1) is 31.3 Å². The van der Waals surface area contributed by atoms with Gasteiger partial charge < -0.3 is 19.6 Å². The molecule has 0 atom stereocenters. The highest BCUT2D eigenvalue weighted by Gasteiger charge is 2.23. The number of fused-ring (bicyclic) bond motifs is 2. The van der Waals surface area contributed by atoms with Crippen molar-refractivity contribution in [3.63, 3.8) is 0 Å². The van der Waals surface area contributed by atoms with Crippen LogP contribution in [0.15, 0.2) is 72.9 Å². The van der Waals surface area contributed by atoms with Crippen molar-refractivity contribution < 1.29 is 22.7 Å². The highest BCUT2D eigenvalue weighted by atomic mass is 19.2. The molecule has 0 aliphatic rings. The number of halogens is 3. The molecule has 218 valence electrons. The van der Waals surface area contributed by atoms with Crippen LogP contribution >= 0.6 is 0 Å². The lowest BCUT2D eigenvalue weighted by atomic mass is 9.94. The van der Waals surface area contributed by atoms with E-state index in [9.17, 15) is 18.0 Å². The van der Waals surface area contributed by atoms with Gasteiger partial charge in [-0.1, -0.05) is 48.5 Å². The Bertz CT molecular complexity index is 1970. The summed E-state index contributed by atoms with van der Waals surface area (Å²) in [6.45, 7) is 5.46. The summed E-state index contributed by atoms with van der Waals surface area (Å²) in [7, 11) is 1.97. The summed E-state index contributed by atoms with van der Waals surface area (Å²) in [6, 6.07) is 19.0. The lowest BCUT2D eigenvalue weighted by Gasteiger charge is -2.17. The fourth-order valence-corrected chi connectivity index (χ4v) is 5.49. The number of aryl methyl sites for hydroxylation is 3. The standard InChI is InChI=1S/C34H29F3N4O2/c1-19-14-28-32(40-20(2)41(28)3)33(38-12-13-43-18-21-8-5-4-6-9-21)29(19)24-11-7-10-23-25(17-39-31(23)24)34(42)22-15-26(35)30(37)27(36)16-22/h4-11,14-17,38-39H,12-13,18H2,1-3H3. The average Bonchev–Trinajstić information content (AvgIpc) is 3.56. The number of rotatable bonds is 9. The molecule has 43 heavy (non-hydrogen) atoms. The third kappa shape index (κ3) is 5.17. The molecular weight excluding hydrogens is 553 g/mol. The monoisotopic (exact) mass is 582 g/mol. The number of nitrogens with one attached hydrogen (secondary N) is 2. The quantitative estimate of drug-likeness (QED) is 0.105. The lowest BCUT2D eigenvalue weighted by molar-refractivity contribution is 0.103. The number of aromatic nitrogens is 3. The summed E-state index contributed by atoms with van der Waals surface area (Å²) in [5, 5.41) is 4.13. The third-order valence-corrected chi connectivity index (χ3v) is 7.73. The number of para-hydroxylation sites is 1. The van der Waals surface area contributed by atoms with E-state index in [0.717, 1.165) is 44.8 Å². The SMILES string of the molecule is Cc1cc2c(nc(C)n2C)c(NCCOCc2ccccc2)c1-c1cccc2c(C(=O)c3cc(F)c(F)c(F)c3)c[nH]c12. The van der Waals surface area contributed by atoms with Gasteiger partial charge in [0.05, 0.1) is 29.9 Å². The van der Waals surface area contributed by atoms with Crippen LogP contribution in [0.4, 0.5) is 18.9 Å². The summed E-state index contributed by atoms with van der Waals surface area (Å²) >= 11 is 0. The molecule has 0 spiro atoms. The molecule has 6 aromatic rings. The topological polar surface area (TPSA) is 71.9 Å². The maximum Gasteiger partial charge on any atom is 0.195 e. The van der Waals surface area contributed by atoms with E-state index in [1.54, 1.807) is 6.07 Å². The van der Waals surface area contributed by atoms with Gasteiger partial charge in [0.15, 0.2) is 23.2 Å². The number of nitrogens with zero attached hydrogens (tertiary/aromatic N) is 2. The van der Waals surface area contributed by atoms with Gasteiger partial charge in [0.1, 0.15) is 11.3 Å². The maximum atomic E-state index is 13.9. The third-order valence-electron chi connectivity index (χ3n) is 7.73. The van der Waals surface area contributed by atoms with E-state index in [-0.39, 0.29) is 11.1 Å². The molecule has 0 aliphatic carbocycles. The van der Waals surface area contributed by atoms with Gasteiger partial charge in [-0.3, -0.25) is 4.79 Å². The number of hydrogen-bond donors (Lipinski definition) is 2. The van der Waals surface area contributed by atoms with Crippen LogP contribution in [0.1, 0.15) is 32.9 Å². The molecule has 2 heterocycles. The van der Waals surface area contributed by atoms with E-state index in [1.807, 2.05) is 67.9 Å². The van der Waals surface area contributed by atoms with Crippen molar-refractivity contribution in [2.75, 3.05) is 18.5 Å². The lowest BCUT2D eigenvalue weighted by Crippen LogP contribution is -2.11. The Morgan fingerprint density at radius 1 is 1.00 bits per heavy atom. The summed E-state index contributed by atoms with van der Waals surface area (Å²) in [4.78, 5) is 21.4.